The Morgan fingerprint density at radius 1 is 1.22 bits per heavy atom. The number of carbonyl (C=O) groups is 2. The number of rotatable bonds is 3. The van der Waals surface area contributed by atoms with Crippen LogP contribution >= 0.6 is 0 Å². The van der Waals surface area contributed by atoms with E-state index >= 15 is 0 Å². The molecule has 1 N–H and O–H groups in total. The molecule has 5 nitrogen and oxygen atoms in total. The third-order valence-electron chi connectivity index (χ3n) is 4.97. The average Bonchev–Trinajstić information content (AvgIpc) is 2.87. The van der Waals surface area contributed by atoms with Crippen LogP contribution in [0.4, 0.5) is 17.6 Å². The van der Waals surface area contributed by atoms with Crippen LogP contribution in [0.5, 0.6) is 0 Å². The number of aliphatic imine (C=N–C) groups is 1. The maximum absolute atomic E-state index is 13.9. The molecule has 1 fully saturated rings. The zero-order valence-corrected chi connectivity index (χ0v) is 14.6. The first-order valence-electron chi connectivity index (χ1n) is 8.71. The van der Waals surface area contributed by atoms with Crippen LogP contribution in [0.15, 0.2) is 29.3 Å². The second-order valence-corrected chi connectivity index (χ2v) is 6.77. The van der Waals surface area contributed by atoms with E-state index in [1.165, 1.54) is 19.1 Å². The van der Waals surface area contributed by atoms with E-state index < -0.39 is 35.0 Å². The minimum Gasteiger partial charge on any atom is -0.312 e. The molecule has 2 amide bonds. The summed E-state index contributed by atoms with van der Waals surface area (Å²) in [6.45, 7) is 1.31. The van der Waals surface area contributed by atoms with Gasteiger partial charge in [0.2, 0.25) is 0 Å². The highest BCUT2D eigenvalue weighted by molar-refractivity contribution is 6.10. The molecule has 1 aromatic rings. The summed E-state index contributed by atoms with van der Waals surface area (Å²) < 4.78 is 55.5. The molecule has 0 radical (unpaired) electrons. The largest absolute Gasteiger partial charge is 0.442 e. The molecule has 1 unspecified atom stereocenters. The van der Waals surface area contributed by atoms with Gasteiger partial charge in [0.25, 0.3) is 11.8 Å². The number of carbonyl (C=O) groups excluding carboxylic acids is 2. The Hall–Kier alpha value is -2.45. The predicted octanol–water partition coefficient (Wildman–Crippen LogP) is 3.41. The molecule has 0 bridgehead atoms. The van der Waals surface area contributed by atoms with Crippen molar-refractivity contribution in [3.05, 3.63) is 35.6 Å². The molecule has 1 aliphatic heterocycles. The zero-order chi connectivity index (χ0) is 19.8. The third-order valence-corrected chi connectivity index (χ3v) is 4.97. The lowest BCUT2D eigenvalue weighted by atomic mass is 9.93. The summed E-state index contributed by atoms with van der Waals surface area (Å²) in [5.74, 6) is -3.77. The van der Waals surface area contributed by atoms with Crippen molar-refractivity contribution in [3.63, 3.8) is 0 Å². The van der Waals surface area contributed by atoms with Crippen molar-refractivity contribution in [1.29, 1.82) is 0 Å². The van der Waals surface area contributed by atoms with E-state index in [9.17, 15) is 27.2 Å². The van der Waals surface area contributed by atoms with Gasteiger partial charge in [0, 0.05) is 6.04 Å². The first-order chi connectivity index (χ1) is 12.7. The van der Waals surface area contributed by atoms with Gasteiger partial charge < -0.3 is 5.32 Å². The molecule has 27 heavy (non-hydrogen) atoms. The minimum absolute atomic E-state index is 0.0990. The molecule has 0 saturated heterocycles. The van der Waals surface area contributed by atoms with Crippen molar-refractivity contribution in [2.24, 2.45) is 4.99 Å². The summed E-state index contributed by atoms with van der Waals surface area (Å²) in [6, 6.07) is 4.24. The van der Waals surface area contributed by atoms with Crippen LogP contribution in [0.3, 0.4) is 0 Å². The summed E-state index contributed by atoms with van der Waals surface area (Å²) >= 11 is 0. The van der Waals surface area contributed by atoms with Crippen LogP contribution in [0.1, 0.15) is 49.4 Å². The standard InChI is InChI=1S/C18H19F4N3O2/c1-11-23-17(18(20,21)22,16(27)25(11)12-7-3-2-4-8-12)24-15(26)13-9-5-6-10-14(13)19/h5-6,9-10,12H,2-4,7-8H2,1H3,(H,24,26). The predicted molar refractivity (Wildman–Crippen MR) is 89.5 cm³/mol. The van der Waals surface area contributed by atoms with E-state index in [0.29, 0.717) is 12.8 Å². The fourth-order valence-electron chi connectivity index (χ4n) is 3.65. The van der Waals surface area contributed by atoms with Gasteiger partial charge in [-0.3, -0.25) is 14.5 Å². The number of amidine groups is 1. The highest BCUT2D eigenvalue weighted by atomic mass is 19.4. The van der Waals surface area contributed by atoms with Crippen molar-refractivity contribution >= 4 is 17.6 Å². The second-order valence-electron chi connectivity index (χ2n) is 6.77. The van der Waals surface area contributed by atoms with Gasteiger partial charge in [0.15, 0.2) is 0 Å². The van der Waals surface area contributed by atoms with Gasteiger partial charge in [-0.05, 0) is 31.9 Å². The van der Waals surface area contributed by atoms with Gasteiger partial charge in [0.05, 0.1) is 5.56 Å². The molecule has 1 saturated carbocycles. The topological polar surface area (TPSA) is 61.8 Å². The number of hydrogen-bond acceptors (Lipinski definition) is 3. The van der Waals surface area contributed by atoms with E-state index in [1.54, 1.807) is 5.32 Å². The van der Waals surface area contributed by atoms with Crippen LogP contribution in [0, 0.1) is 5.82 Å². The van der Waals surface area contributed by atoms with Gasteiger partial charge >= 0.3 is 11.8 Å². The Bertz CT molecular complexity index is 787. The molecule has 2 aliphatic rings. The fraction of sp³-hybridized carbons (Fsp3) is 0.500. The normalized spacial score (nSPS) is 24.1. The molecular formula is C18H19F4N3O2. The summed E-state index contributed by atoms with van der Waals surface area (Å²) in [4.78, 5) is 29.7. The smallest absolute Gasteiger partial charge is 0.312 e. The Morgan fingerprint density at radius 2 is 1.85 bits per heavy atom. The van der Waals surface area contributed by atoms with Crippen LogP contribution in [-0.2, 0) is 4.79 Å². The Morgan fingerprint density at radius 3 is 2.44 bits per heavy atom. The first-order valence-corrected chi connectivity index (χ1v) is 8.71. The highest BCUT2D eigenvalue weighted by Crippen LogP contribution is 2.39. The number of halogens is 4. The number of benzene rings is 1. The quantitative estimate of drug-likeness (QED) is 0.811. The van der Waals surface area contributed by atoms with Gasteiger partial charge in [0.1, 0.15) is 11.7 Å². The first kappa shape index (κ1) is 19.3. The number of amides is 2. The SMILES string of the molecule is CC1=NC(NC(=O)c2ccccc2F)(C(F)(F)F)C(=O)N1C1CCCCC1. The van der Waals surface area contributed by atoms with Crippen LogP contribution in [0.25, 0.3) is 0 Å². The highest BCUT2D eigenvalue weighted by Gasteiger charge is 2.67. The van der Waals surface area contributed by atoms with E-state index in [1.807, 2.05) is 0 Å². The van der Waals surface area contributed by atoms with E-state index in [0.717, 1.165) is 36.3 Å². The Labute approximate surface area is 153 Å². The maximum atomic E-state index is 13.9. The van der Waals surface area contributed by atoms with Crippen LogP contribution < -0.4 is 5.32 Å². The Kier molecular flexibility index (Phi) is 4.96. The van der Waals surface area contributed by atoms with Crippen molar-refractivity contribution < 1.29 is 27.2 Å². The molecule has 1 aliphatic carbocycles. The maximum Gasteiger partial charge on any atom is 0.442 e. The summed E-state index contributed by atoms with van der Waals surface area (Å²) in [7, 11) is 0. The van der Waals surface area contributed by atoms with Crippen molar-refractivity contribution in [2.75, 3.05) is 0 Å². The molecule has 0 aromatic heterocycles. The van der Waals surface area contributed by atoms with Crippen molar-refractivity contribution in [2.45, 2.75) is 56.9 Å². The van der Waals surface area contributed by atoms with Crippen LogP contribution in [0.2, 0.25) is 0 Å². The van der Waals surface area contributed by atoms with Crippen molar-refractivity contribution in [3.8, 4) is 0 Å². The van der Waals surface area contributed by atoms with Gasteiger partial charge in [-0.2, -0.15) is 13.2 Å². The van der Waals surface area contributed by atoms with Gasteiger partial charge in [-0.15, -0.1) is 0 Å². The number of alkyl halides is 3. The Balaban J connectivity index is 1.96. The van der Waals surface area contributed by atoms with Gasteiger partial charge in [-0.25, -0.2) is 9.38 Å². The van der Waals surface area contributed by atoms with Crippen molar-refractivity contribution in [1.82, 2.24) is 10.2 Å². The molecule has 146 valence electrons. The molecule has 1 aromatic carbocycles. The van der Waals surface area contributed by atoms with Gasteiger partial charge in [-0.1, -0.05) is 31.4 Å². The lowest BCUT2D eigenvalue weighted by Crippen LogP contribution is -2.64. The lowest BCUT2D eigenvalue weighted by molar-refractivity contribution is -0.197. The molecule has 0 spiro atoms. The lowest BCUT2D eigenvalue weighted by Gasteiger charge is -2.34. The molecule has 1 atom stereocenters. The van der Waals surface area contributed by atoms with E-state index in [4.69, 9.17) is 0 Å². The molecular weight excluding hydrogens is 366 g/mol. The molecule has 3 rings (SSSR count). The summed E-state index contributed by atoms with van der Waals surface area (Å²) in [5.41, 5.74) is -4.02. The fourth-order valence-corrected chi connectivity index (χ4v) is 3.65. The van der Waals surface area contributed by atoms with Crippen LogP contribution in [-0.4, -0.2) is 40.4 Å². The average molecular weight is 385 g/mol. The summed E-state index contributed by atoms with van der Waals surface area (Å²) in [6.07, 6.45) is -1.44. The zero-order valence-electron chi connectivity index (χ0n) is 14.6. The van der Waals surface area contributed by atoms with E-state index in [2.05, 4.69) is 4.99 Å². The third kappa shape index (κ3) is 3.30. The minimum atomic E-state index is -5.17. The summed E-state index contributed by atoms with van der Waals surface area (Å²) in [5, 5.41) is 1.66. The molecule has 9 heteroatoms. The molecule has 1 heterocycles. The number of hydrogen-bond donors (Lipinski definition) is 1. The van der Waals surface area contributed by atoms with E-state index in [-0.39, 0.29) is 11.9 Å². The second kappa shape index (κ2) is 6.94. The number of nitrogens with one attached hydrogen (secondary N) is 1. The monoisotopic (exact) mass is 385 g/mol. The number of nitrogens with zero attached hydrogens (tertiary/aromatic N) is 2.